The van der Waals surface area contributed by atoms with Crippen LogP contribution in [0.1, 0.15) is 31.4 Å². The Bertz CT molecular complexity index is 718. The van der Waals surface area contributed by atoms with Crippen molar-refractivity contribution >= 4 is 23.2 Å². The number of halogens is 3. The minimum absolute atomic E-state index is 0.0342. The van der Waals surface area contributed by atoms with Gasteiger partial charge in [0, 0.05) is 12.1 Å². The molecule has 0 saturated carbocycles. The van der Waals surface area contributed by atoms with Gasteiger partial charge in [-0.2, -0.15) is 0 Å². The summed E-state index contributed by atoms with van der Waals surface area (Å²) in [6.07, 6.45) is 1.11. The van der Waals surface area contributed by atoms with Crippen molar-refractivity contribution in [3.8, 4) is 11.5 Å². The lowest BCUT2D eigenvalue weighted by Gasteiger charge is -2.15. The maximum Gasteiger partial charge on any atom is 0.180 e. The molecule has 0 amide bonds. The molecule has 0 unspecified atom stereocenters. The average molecular weight is 400 g/mol. The molecule has 6 heteroatoms. The van der Waals surface area contributed by atoms with Crippen molar-refractivity contribution in [2.24, 2.45) is 5.92 Å². The van der Waals surface area contributed by atoms with Crippen molar-refractivity contribution in [2.75, 3.05) is 13.7 Å². The van der Waals surface area contributed by atoms with Gasteiger partial charge in [0.2, 0.25) is 0 Å². The maximum absolute atomic E-state index is 13.9. The van der Waals surface area contributed by atoms with Crippen LogP contribution in [0.2, 0.25) is 10.0 Å². The first-order valence-electron chi connectivity index (χ1n) is 8.55. The lowest BCUT2D eigenvalue weighted by molar-refractivity contribution is 0.280. The Morgan fingerprint density at radius 3 is 2.58 bits per heavy atom. The lowest BCUT2D eigenvalue weighted by Crippen LogP contribution is -2.16. The van der Waals surface area contributed by atoms with Crippen molar-refractivity contribution < 1.29 is 13.9 Å². The van der Waals surface area contributed by atoms with E-state index in [2.05, 4.69) is 19.2 Å². The Labute approximate surface area is 164 Å². The zero-order chi connectivity index (χ0) is 19.1. The van der Waals surface area contributed by atoms with Crippen LogP contribution in [0, 0.1) is 11.7 Å². The lowest BCUT2D eigenvalue weighted by atomic mass is 10.1. The van der Waals surface area contributed by atoms with E-state index in [9.17, 15) is 4.39 Å². The Kier molecular flexibility index (Phi) is 8.01. The summed E-state index contributed by atoms with van der Waals surface area (Å²) in [5, 5.41) is 4.11. The van der Waals surface area contributed by atoms with Gasteiger partial charge in [-0.3, -0.25) is 0 Å². The fourth-order valence-electron chi connectivity index (χ4n) is 2.45. The Balaban J connectivity index is 2.09. The summed E-state index contributed by atoms with van der Waals surface area (Å²) in [4.78, 5) is 0. The summed E-state index contributed by atoms with van der Waals surface area (Å²) in [5.41, 5.74) is 1.28. The van der Waals surface area contributed by atoms with Crippen LogP contribution in [0.15, 0.2) is 30.3 Å². The van der Waals surface area contributed by atoms with E-state index in [1.54, 1.807) is 19.2 Å². The van der Waals surface area contributed by atoms with Crippen molar-refractivity contribution in [1.82, 2.24) is 5.32 Å². The summed E-state index contributed by atoms with van der Waals surface area (Å²) in [7, 11) is 1.55. The van der Waals surface area contributed by atoms with Gasteiger partial charge in [-0.25, -0.2) is 4.39 Å². The molecule has 1 N–H and O–H groups in total. The van der Waals surface area contributed by atoms with Crippen LogP contribution >= 0.6 is 23.2 Å². The number of hydrogen-bond acceptors (Lipinski definition) is 3. The molecule has 0 fully saturated rings. The highest BCUT2D eigenvalue weighted by Crippen LogP contribution is 2.37. The van der Waals surface area contributed by atoms with Gasteiger partial charge in [0.15, 0.2) is 11.5 Å². The van der Waals surface area contributed by atoms with E-state index in [1.165, 1.54) is 6.07 Å². The van der Waals surface area contributed by atoms with E-state index in [0.717, 1.165) is 18.5 Å². The molecule has 0 aliphatic carbocycles. The summed E-state index contributed by atoms with van der Waals surface area (Å²) in [6, 6.07) is 8.20. The largest absolute Gasteiger partial charge is 0.493 e. The molecule has 26 heavy (non-hydrogen) atoms. The molecule has 0 saturated heterocycles. The predicted molar refractivity (Wildman–Crippen MR) is 105 cm³/mol. The SMILES string of the molecule is COc1cc(CNCCC(C)C)cc(Cl)c1OCc1c(F)cccc1Cl. The minimum atomic E-state index is -0.418. The predicted octanol–water partition coefficient (Wildman–Crippen LogP) is 5.86. The molecule has 2 rings (SSSR count). The molecule has 0 spiro atoms. The van der Waals surface area contributed by atoms with E-state index in [4.69, 9.17) is 32.7 Å². The van der Waals surface area contributed by atoms with E-state index in [0.29, 0.717) is 34.0 Å². The molecule has 2 aromatic carbocycles. The van der Waals surface area contributed by atoms with Gasteiger partial charge >= 0.3 is 0 Å². The van der Waals surface area contributed by atoms with E-state index in [1.807, 2.05) is 12.1 Å². The summed E-state index contributed by atoms with van der Waals surface area (Å²) in [6.45, 7) is 5.96. The number of benzene rings is 2. The molecule has 0 aliphatic heterocycles. The Morgan fingerprint density at radius 2 is 1.92 bits per heavy atom. The van der Waals surface area contributed by atoms with E-state index >= 15 is 0 Å². The Hall–Kier alpha value is -1.49. The molecular weight excluding hydrogens is 376 g/mol. The number of rotatable bonds is 9. The minimum Gasteiger partial charge on any atom is -0.493 e. The van der Waals surface area contributed by atoms with Crippen LogP contribution in [-0.2, 0) is 13.2 Å². The maximum atomic E-state index is 13.9. The molecule has 2 aromatic rings. The number of hydrogen-bond donors (Lipinski definition) is 1. The van der Waals surface area contributed by atoms with Crippen molar-refractivity contribution in [2.45, 2.75) is 33.4 Å². The first-order valence-corrected chi connectivity index (χ1v) is 9.30. The van der Waals surface area contributed by atoms with Crippen molar-refractivity contribution in [1.29, 1.82) is 0 Å². The highest BCUT2D eigenvalue weighted by Gasteiger charge is 2.14. The van der Waals surface area contributed by atoms with Gasteiger partial charge < -0.3 is 14.8 Å². The second-order valence-electron chi connectivity index (χ2n) is 6.46. The highest BCUT2D eigenvalue weighted by molar-refractivity contribution is 6.32. The smallest absolute Gasteiger partial charge is 0.180 e. The molecule has 0 aliphatic rings. The van der Waals surface area contributed by atoms with E-state index in [-0.39, 0.29) is 12.2 Å². The van der Waals surface area contributed by atoms with Gasteiger partial charge in [-0.05, 0) is 48.7 Å². The number of nitrogens with one attached hydrogen (secondary N) is 1. The molecule has 0 atom stereocenters. The van der Waals surface area contributed by atoms with Gasteiger partial charge in [-0.1, -0.05) is 43.1 Å². The summed E-state index contributed by atoms with van der Waals surface area (Å²) < 4.78 is 25.0. The molecule has 0 aromatic heterocycles. The summed E-state index contributed by atoms with van der Waals surface area (Å²) in [5.74, 6) is 1.12. The molecular formula is C20H24Cl2FNO2. The molecule has 3 nitrogen and oxygen atoms in total. The van der Waals surface area contributed by atoms with Crippen LogP contribution in [-0.4, -0.2) is 13.7 Å². The average Bonchev–Trinajstić information content (AvgIpc) is 2.59. The standard InChI is InChI=1S/C20H24Cl2FNO2/c1-13(2)7-8-24-11-14-9-17(22)20(19(10-14)25-3)26-12-15-16(21)5-4-6-18(15)23/h4-6,9-10,13,24H,7-8,11-12H2,1-3H3. The van der Waals surface area contributed by atoms with Gasteiger partial charge in [0.05, 0.1) is 17.2 Å². The van der Waals surface area contributed by atoms with Crippen molar-refractivity contribution in [3.63, 3.8) is 0 Å². The van der Waals surface area contributed by atoms with Gasteiger partial charge in [0.1, 0.15) is 12.4 Å². The van der Waals surface area contributed by atoms with Crippen LogP contribution in [0.5, 0.6) is 11.5 Å². The molecule has 0 radical (unpaired) electrons. The van der Waals surface area contributed by atoms with Crippen LogP contribution in [0.3, 0.4) is 0 Å². The number of ether oxygens (including phenoxy) is 2. The third-order valence-corrected chi connectivity index (χ3v) is 4.57. The monoisotopic (exact) mass is 399 g/mol. The third-order valence-electron chi connectivity index (χ3n) is 3.94. The Morgan fingerprint density at radius 1 is 1.15 bits per heavy atom. The van der Waals surface area contributed by atoms with Crippen LogP contribution in [0.4, 0.5) is 4.39 Å². The second kappa shape index (κ2) is 10.0. The van der Waals surface area contributed by atoms with E-state index < -0.39 is 5.82 Å². The third kappa shape index (κ3) is 5.76. The highest BCUT2D eigenvalue weighted by atomic mass is 35.5. The zero-order valence-corrected chi connectivity index (χ0v) is 16.8. The molecule has 0 bridgehead atoms. The van der Waals surface area contributed by atoms with Gasteiger partial charge in [0.25, 0.3) is 0 Å². The van der Waals surface area contributed by atoms with Crippen LogP contribution in [0.25, 0.3) is 0 Å². The van der Waals surface area contributed by atoms with Crippen molar-refractivity contribution in [3.05, 3.63) is 57.3 Å². The molecule has 0 heterocycles. The fourth-order valence-corrected chi connectivity index (χ4v) is 2.96. The number of methoxy groups -OCH3 is 1. The first kappa shape index (κ1) is 20.8. The van der Waals surface area contributed by atoms with Crippen LogP contribution < -0.4 is 14.8 Å². The summed E-state index contributed by atoms with van der Waals surface area (Å²) >= 11 is 12.4. The van der Waals surface area contributed by atoms with Gasteiger partial charge in [-0.15, -0.1) is 0 Å². The molecule has 142 valence electrons. The second-order valence-corrected chi connectivity index (χ2v) is 7.27. The quantitative estimate of drug-likeness (QED) is 0.535. The fraction of sp³-hybridized carbons (Fsp3) is 0.400. The topological polar surface area (TPSA) is 30.5 Å². The first-order chi connectivity index (χ1) is 12.4. The zero-order valence-electron chi connectivity index (χ0n) is 15.2. The normalized spacial score (nSPS) is 11.0.